The SMILES string of the molecule is COC(=O)C(CCCN)NCCO. The number of hydrogen-bond acceptors (Lipinski definition) is 5. The van der Waals surface area contributed by atoms with Crippen molar-refractivity contribution in [3.8, 4) is 0 Å². The highest BCUT2D eigenvalue weighted by Gasteiger charge is 2.16. The van der Waals surface area contributed by atoms with Gasteiger partial charge < -0.3 is 20.9 Å². The summed E-state index contributed by atoms with van der Waals surface area (Å²) >= 11 is 0. The molecule has 0 aromatic rings. The number of ether oxygens (including phenoxy) is 1. The molecule has 0 saturated carbocycles. The average molecular weight is 190 g/mol. The minimum atomic E-state index is -0.347. The second-order valence-corrected chi connectivity index (χ2v) is 2.68. The normalized spacial score (nSPS) is 12.5. The molecule has 0 amide bonds. The van der Waals surface area contributed by atoms with E-state index >= 15 is 0 Å². The van der Waals surface area contributed by atoms with Crippen LogP contribution in [-0.4, -0.2) is 43.9 Å². The van der Waals surface area contributed by atoms with Crippen molar-refractivity contribution >= 4 is 5.97 Å². The number of methoxy groups -OCH3 is 1. The number of esters is 1. The lowest BCUT2D eigenvalue weighted by atomic mass is 10.1. The molecule has 4 N–H and O–H groups in total. The molecule has 0 spiro atoms. The third-order valence-corrected chi connectivity index (χ3v) is 1.69. The van der Waals surface area contributed by atoms with Crippen molar-refractivity contribution in [2.75, 3.05) is 26.8 Å². The maximum absolute atomic E-state index is 11.1. The Bertz CT molecular complexity index is 133. The Morgan fingerprint density at radius 3 is 2.85 bits per heavy atom. The Labute approximate surface area is 78.3 Å². The molecule has 0 fully saturated rings. The minimum Gasteiger partial charge on any atom is -0.468 e. The van der Waals surface area contributed by atoms with Gasteiger partial charge >= 0.3 is 5.97 Å². The topological polar surface area (TPSA) is 84.6 Å². The predicted molar refractivity (Wildman–Crippen MR) is 49.2 cm³/mol. The first-order chi connectivity index (χ1) is 6.26. The maximum Gasteiger partial charge on any atom is 0.322 e. The third-order valence-electron chi connectivity index (χ3n) is 1.69. The number of rotatable bonds is 7. The van der Waals surface area contributed by atoms with Crippen LogP contribution >= 0.6 is 0 Å². The van der Waals surface area contributed by atoms with E-state index in [1.54, 1.807) is 0 Å². The van der Waals surface area contributed by atoms with E-state index in [4.69, 9.17) is 10.8 Å². The maximum atomic E-state index is 11.1. The van der Waals surface area contributed by atoms with Gasteiger partial charge in [-0.25, -0.2) is 0 Å². The molecule has 1 unspecified atom stereocenters. The number of hydrogen-bond donors (Lipinski definition) is 3. The quantitative estimate of drug-likeness (QED) is 0.441. The molecule has 0 saturated heterocycles. The van der Waals surface area contributed by atoms with Crippen LogP contribution in [0.2, 0.25) is 0 Å². The number of carbonyl (C=O) groups excluding carboxylic acids is 1. The van der Waals surface area contributed by atoms with Crippen LogP contribution in [-0.2, 0) is 9.53 Å². The Hall–Kier alpha value is -0.650. The fraction of sp³-hybridized carbons (Fsp3) is 0.875. The minimum absolute atomic E-state index is 0.0100. The van der Waals surface area contributed by atoms with Gasteiger partial charge in [0.1, 0.15) is 6.04 Å². The first-order valence-electron chi connectivity index (χ1n) is 4.38. The van der Waals surface area contributed by atoms with Gasteiger partial charge in [0, 0.05) is 6.54 Å². The lowest BCUT2D eigenvalue weighted by Crippen LogP contribution is -2.39. The summed E-state index contributed by atoms with van der Waals surface area (Å²) in [4.78, 5) is 11.1. The first kappa shape index (κ1) is 12.3. The van der Waals surface area contributed by atoms with Crippen molar-refractivity contribution in [2.24, 2.45) is 5.73 Å². The van der Waals surface area contributed by atoms with Crippen LogP contribution in [0.1, 0.15) is 12.8 Å². The zero-order chi connectivity index (χ0) is 10.1. The summed E-state index contributed by atoms with van der Waals surface area (Å²) < 4.78 is 4.58. The molecule has 0 aliphatic rings. The van der Waals surface area contributed by atoms with Gasteiger partial charge in [-0.05, 0) is 19.4 Å². The summed E-state index contributed by atoms with van der Waals surface area (Å²) in [5.74, 6) is -0.304. The zero-order valence-corrected chi connectivity index (χ0v) is 7.95. The number of carbonyl (C=O) groups is 1. The standard InChI is InChI=1S/C8H18N2O3/c1-13-8(12)7(3-2-4-9)10-5-6-11/h7,10-11H,2-6,9H2,1H3. The van der Waals surface area contributed by atoms with E-state index in [9.17, 15) is 4.79 Å². The first-order valence-corrected chi connectivity index (χ1v) is 4.38. The predicted octanol–water partition coefficient (Wildman–Crippen LogP) is -1.15. The summed E-state index contributed by atoms with van der Waals surface area (Å²) in [7, 11) is 1.35. The van der Waals surface area contributed by atoms with Gasteiger partial charge in [-0.1, -0.05) is 0 Å². The number of nitrogens with one attached hydrogen (secondary N) is 1. The van der Waals surface area contributed by atoms with Gasteiger partial charge in [-0.15, -0.1) is 0 Å². The van der Waals surface area contributed by atoms with Crippen LogP contribution in [0.25, 0.3) is 0 Å². The average Bonchev–Trinajstić information content (AvgIpc) is 2.17. The molecule has 0 aromatic heterocycles. The summed E-state index contributed by atoms with van der Waals surface area (Å²) in [6, 6.07) is -0.347. The highest BCUT2D eigenvalue weighted by Crippen LogP contribution is 1.97. The second kappa shape index (κ2) is 7.97. The van der Waals surface area contributed by atoms with Crippen molar-refractivity contribution in [3.05, 3.63) is 0 Å². The number of aliphatic hydroxyl groups excluding tert-OH is 1. The van der Waals surface area contributed by atoms with Gasteiger partial charge in [-0.2, -0.15) is 0 Å². The monoisotopic (exact) mass is 190 g/mol. The fourth-order valence-corrected chi connectivity index (χ4v) is 1.01. The van der Waals surface area contributed by atoms with Crippen LogP contribution in [0, 0.1) is 0 Å². The van der Waals surface area contributed by atoms with Crippen molar-refractivity contribution in [2.45, 2.75) is 18.9 Å². The van der Waals surface area contributed by atoms with Crippen molar-refractivity contribution in [1.82, 2.24) is 5.32 Å². The van der Waals surface area contributed by atoms with E-state index in [1.165, 1.54) is 7.11 Å². The summed E-state index contributed by atoms with van der Waals surface area (Å²) in [6.07, 6.45) is 1.40. The molecule has 0 rings (SSSR count). The summed E-state index contributed by atoms with van der Waals surface area (Å²) in [5, 5.41) is 11.4. The lowest BCUT2D eigenvalue weighted by Gasteiger charge is -2.14. The molecule has 5 heteroatoms. The molecule has 78 valence electrons. The third kappa shape index (κ3) is 5.57. The van der Waals surface area contributed by atoms with Crippen molar-refractivity contribution in [3.63, 3.8) is 0 Å². The second-order valence-electron chi connectivity index (χ2n) is 2.68. The molecular weight excluding hydrogens is 172 g/mol. The Kier molecular flexibility index (Phi) is 7.57. The van der Waals surface area contributed by atoms with Crippen molar-refractivity contribution in [1.29, 1.82) is 0 Å². The van der Waals surface area contributed by atoms with Crippen LogP contribution in [0.3, 0.4) is 0 Å². The van der Waals surface area contributed by atoms with Crippen LogP contribution in [0.5, 0.6) is 0 Å². The molecule has 0 bridgehead atoms. The van der Waals surface area contributed by atoms with E-state index in [2.05, 4.69) is 10.1 Å². The van der Waals surface area contributed by atoms with Gasteiger partial charge in [0.05, 0.1) is 13.7 Å². The molecule has 5 nitrogen and oxygen atoms in total. The molecule has 1 atom stereocenters. The van der Waals surface area contributed by atoms with Crippen LogP contribution in [0.15, 0.2) is 0 Å². The van der Waals surface area contributed by atoms with Crippen molar-refractivity contribution < 1.29 is 14.6 Å². The lowest BCUT2D eigenvalue weighted by molar-refractivity contribution is -0.143. The van der Waals surface area contributed by atoms with Gasteiger partial charge in [0.2, 0.25) is 0 Å². The summed E-state index contributed by atoms with van der Waals surface area (Å²) in [6.45, 7) is 0.953. The molecule has 13 heavy (non-hydrogen) atoms. The molecule has 0 aliphatic heterocycles. The van der Waals surface area contributed by atoms with Gasteiger partial charge in [-0.3, -0.25) is 4.79 Å². The summed E-state index contributed by atoms with van der Waals surface area (Å²) in [5.41, 5.74) is 5.32. The van der Waals surface area contributed by atoms with Gasteiger partial charge in [0.25, 0.3) is 0 Å². The fourth-order valence-electron chi connectivity index (χ4n) is 1.01. The zero-order valence-electron chi connectivity index (χ0n) is 7.95. The number of nitrogens with two attached hydrogens (primary N) is 1. The Morgan fingerprint density at radius 2 is 2.38 bits per heavy atom. The van der Waals surface area contributed by atoms with Crippen LogP contribution < -0.4 is 11.1 Å². The Balaban J connectivity index is 3.79. The highest BCUT2D eigenvalue weighted by molar-refractivity contribution is 5.75. The highest BCUT2D eigenvalue weighted by atomic mass is 16.5. The largest absolute Gasteiger partial charge is 0.468 e. The van der Waals surface area contributed by atoms with E-state index in [0.29, 0.717) is 19.5 Å². The smallest absolute Gasteiger partial charge is 0.322 e. The number of aliphatic hydroxyl groups is 1. The van der Waals surface area contributed by atoms with Crippen LogP contribution in [0.4, 0.5) is 0 Å². The van der Waals surface area contributed by atoms with E-state index in [-0.39, 0.29) is 18.6 Å². The molecule has 0 aliphatic carbocycles. The molecule has 0 radical (unpaired) electrons. The van der Waals surface area contributed by atoms with Gasteiger partial charge in [0.15, 0.2) is 0 Å². The van der Waals surface area contributed by atoms with E-state index < -0.39 is 0 Å². The Morgan fingerprint density at radius 1 is 1.69 bits per heavy atom. The molecular formula is C8H18N2O3. The van der Waals surface area contributed by atoms with E-state index in [1.807, 2.05) is 0 Å². The molecule has 0 aromatic carbocycles. The molecule has 0 heterocycles. The van der Waals surface area contributed by atoms with E-state index in [0.717, 1.165) is 6.42 Å².